The fourth-order valence-electron chi connectivity index (χ4n) is 2.32. The molecule has 0 aliphatic rings. The van der Waals surface area contributed by atoms with Crippen molar-refractivity contribution in [3.05, 3.63) is 27.6 Å². The van der Waals surface area contributed by atoms with Crippen molar-refractivity contribution in [3.63, 3.8) is 0 Å². The number of nitrogens with zero attached hydrogens (tertiary/aromatic N) is 5. The molecule has 0 aliphatic heterocycles. The average molecular weight is 403 g/mol. The number of hydrogen-bond donors (Lipinski definition) is 0. The molecule has 3 aromatic rings. The Morgan fingerprint density at radius 3 is 2.46 bits per heavy atom. The maximum Gasteiger partial charge on any atom is 0.408 e. The zero-order chi connectivity index (χ0) is 19.3. The smallest absolute Gasteiger partial charge is 0.267 e. The van der Waals surface area contributed by atoms with Crippen LogP contribution in [0, 0.1) is 0 Å². The lowest BCUT2D eigenvalue weighted by atomic mass is 9.93. The highest BCUT2D eigenvalue weighted by Gasteiger charge is 2.32. The summed E-state index contributed by atoms with van der Waals surface area (Å²) in [4.78, 5) is 25.2. The number of hydrogen-bond acceptors (Lipinski definition) is 6. The molecule has 0 unspecified atom stereocenters. The van der Waals surface area contributed by atoms with Crippen LogP contribution in [0.4, 0.5) is 13.2 Å². The normalized spacial score (nSPS) is 12.9. The molecular formula is C15H16F3N5OS2. The van der Waals surface area contributed by atoms with E-state index in [0.717, 1.165) is 10.4 Å². The first kappa shape index (κ1) is 18.9. The van der Waals surface area contributed by atoms with E-state index in [1.165, 1.54) is 29.3 Å². The first-order chi connectivity index (χ1) is 12.0. The van der Waals surface area contributed by atoms with E-state index < -0.39 is 18.3 Å². The summed E-state index contributed by atoms with van der Waals surface area (Å²) in [6, 6.07) is 0. The molecule has 3 heterocycles. The molecule has 3 aromatic heterocycles. The topological polar surface area (TPSA) is 65.6 Å². The van der Waals surface area contributed by atoms with Gasteiger partial charge in [0.15, 0.2) is 10.8 Å². The number of fused-ring (bicyclic) bond motifs is 1. The minimum absolute atomic E-state index is 0.0274. The van der Waals surface area contributed by atoms with Crippen LogP contribution in [-0.4, -0.2) is 36.7 Å². The van der Waals surface area contributed by atoms with Gasteiger partial charge in [-0.15, -0.1) is 11.3 Å². The van der Waals surface area contributed by atoms with Crippen molar-refractivity contribution in [2.24, 2.45) is 0 Å². The maximum absolute atomic E-state index is 13.1. The molecule has 0 saturated carbocycles. The number of rotatable bonds is 3. The Morgan fingerprint density at radius 1 is 1.23 bits per heavy atom. The van der Waals surface area contributed by atoms with Crippen molar-refractivity contribution < 1.29 is 13.2 Å². The number of alkyl halides is 3. The van der Waals surface area contributed by atoms with E-state index in [1.807, 2.05) is 20.8 Å². The molecular weight excluding hydrogens is 387 g/mol. The van der Waals surface area contributed by atoms with Crippen LogP contribution in [0.15, 0.2) is 21.5 Å². The second-order valence-corrected chi connectivity index (χ2v) is 8.26. The molecule has 140 valence electrons. The van der Waals surface area contributed by atoms with E-state index in [4.69, 9.17) is 0 Å². The average Bonchev–Trinajstić information content (AvgIpc) is 3.10. The molecule has 6 nitrogen and oxygen atoms in total. The Kier molecular flexibility index (Phi) is 4.63. The van der Waals surface area contributed by atoms with Crippen molar-refractivity contribution >= 4 is 34.1 Å². The van der Waals surface area contributed by atoms with Gasteiger partial charge in [0.2, 0.25) is 5.13 Å². The van der Waals surface area contributed by atoms with Crippen LogP contribution in [0.1, 0.15) is 26.5 Å². The van der Waals surface area contributed by atoms with Crippen LogP contribution in [0.25, 0.3) is 16.2 Å². The fraction of sp³-hybridized carbons (Fsp3) is 0.467. The second-order valence-electron chi connectivity index (χ2n) is 6.65. The lowest BCUT2D eigenvalue weighted by Crippen LogP contribution is -2.30. The molecule has 0 aliphatic carbocycles. The van der Waals surface area contributed by atoms with Gasteiger partial charge in [-0.2, -0.15) is 13.2 Å². The highest BCUT2D eigenvalue weighted by Crippen LogP contribution is 2.28. The van der Waals surface area contributed by atoms with Gasteiger partial charge in [0.05, 0.1) is 5.69 Å². The summed E-state index contributed by atoms with van der Waals surface area (Å²) in [6.07, 6.45) is -1.55. The van der Waals surface area contributed by atoms with Crippen molar-refractivity contribution in [3.8, 4) is 5.13 Å². The Hall–Kier alpha value is -1.88. The number of halogens is 3. The lowest BCUT2D eigenvalue weighted by Gasteiger charge is -2.15. The highest BCUT2D eigenvalue weighted by molar-refractivity contribution is 7.98. The van der Waals surface area contributed by atoms with Gasteiger partial charge in [-0.3, -0.25) is 4.79 Å². The Bertz CT molecular complexity index is 1010. The SMILES string of the molecule is CSc1ncc2c(=O)n(CC(F)(F)F)n(-c3nc(C(C)(C)C)cs3)c2n1. The fourth-order valence-corrected chi connectivity index (χ4v) is 3.72. The molecule has 0 spiro atoms. The summed E-state index contributed by atoms with van der Waals surface area (Å²) in [5.41, 5.74) is -0.220. The van der Waals surface area contributed by atoms with Crippen molar-refractivity contribution in [2.75, 3.05) is 6.26 Å². The predicted molar refractivity (Wildman–Crippen MR) is 95.3 cm³/mol. The van der Waals surface area contributed by atoms with Crippen molar-refractivity contribution in [1.82, 2.24) is 24.3 Å². The first-order valence-corrected chi connectivity index (χ1v) is 9.67. The summed E-state index contributed by atoms with van der Waals surface area (Å²) in [5.74, 6) is 0. The van der Waals surface area contributed by atoms with Crippen LogP contribution in [0.5, 0.6) is 0 Å². The monoisotopic (exact) mass is 403 g/mol. The Morgan fingerprint density at radius 2 is 1.92 bits per heavy atom. The molecule has 0 N–H and O–H groups in total. The van der Waals surface area contributed by atoms with E-state index in [9.17, 15) is 18.0 Å². The standard InChI is InChI=1S/C15H16F3N5OS2/c1-14(2,3)9-6-26-13(20-9)23-10-8(5-19-12(21-10)25-4)11(24)22(23)7-15(16,17)18/h5-6H,7H2,1-4H3. The largest absolute Gasteiger partial charge is 0.408 e. The molecule has 26 heavy (non-hydrogen) atoms. The summed E-state index contributed by atoms with van der Waals surface area (Å²) in [5, 5.41) is 2.43. The van der Waals surface area contributed by atoms with Gasteiger partial charge in [0.25, 0.3) is 5.56 Å². The van der Waals surface area contributed by atoms with E-state index in [0.29, 0.717) is 9.84 Å². The van der Waals surface area contributed by atoms with Crippen molar-refractivity contribution in [2.45, 2.75) is 44.1 Å². The zero-order valence-corrected chi connectivity index (χ0v) is 16.1. The third-order valence-corrected chi connectivity index (χ3v) is 4.98. The summed E-state index contributed by atoms with van der Waals surface area (Å²) < 4.78 is 40.9. The molecule has 0 saturated heterocycles. The van der Waals surface area contributed by atoms with E-state index in [2.05, 4.69) is 15.0 Å². The van der Waals surface area contributed by atoms with Gasteiger partial charge in [-0.25, -0.2) is 24.3 Å². The van der Waals surface area contributed by atoms with Crippen LogP contribution < -0.4 is 5.56 Å². The second kappa shape index (κ2) is 6.38. The summed E-state index contributed by atoms with van der Waals surface area (Å²) >= 11 is 2.41. The molecule has 0 atom stereocenters. The number of thiazole rings is 1. The van der Waals surface area contributed by atoms with Gasteiger partial charge < -0.3 is 0 Å². The molecule has 3 rings (SSSR count). The summed E-state index contributed by atoms with van der Waals surface area (Å²) in [6.45, 7) is 4.43. The van der Waals surface area contributed by atoms with Gasteiger partial charge in [0.1, 0.15) is 11.9 Å². The Labute approximate surface area is 155 Å². The zero-order valence-electron chi connectivity index (χ0n) is 14.5. The first-order valence-electron chi connectivity index (χ1n) is 7.57. The van der Waals surface area contributed by atoms with Crippen LogP contribution in [0.3, 0.4) is 0 Å². The van der Waals surface area contributed by atoms with E-state index in [1.54, 1.807) is 11.6 Å². The Balaban J connectivity index is 2.31. The van der Waals surface area contributed by atoms with Gasteiger partial charge in [-0.05, 0) is 6.26 Å². The minimum atomic E-state index is -4.56. The molecule has 0 bridgehead atoms. The van der Waals surface area contributed by atoms with Gasteiger partial charge in [0, 0.05) is 17.0 Å². The third kappa shape index (κ3) is 3.50. The van der Waals surface area contributed by atoms with E-state index in [-0.39, 0.29) is 21.6 Å². The molecule has 0 aromatic carbocycles. The third-order valence-electron chi connectivity index (χ3n) is 3.61. The quantitative estimate of drug-likeness (QED) is 0.494. The molecule has 0 amide bonds. The highest BCUT2D eigenvalue weighted by atomic mass is 32.2. The number of aromatic nitrogens is 5. The number of thioether (sulfide) groups is 1. The molecule has 0 radical (unpaired) electrons. The van der Waals surface area contributed by atoms with Gasteiger partial charge in [-0.1, -0.05) is 32.5 Å². The molecule has 11 heteroatoms. The van der Waals surface area contributed by atoms with E-state index >= 15 is 0 Å². The molecule has 0 fully saturated rings. The van der Waals surface area contributed by atoms with Crippen LogP contribution in [-0.2, 0) is 12.0 Å². The maximum atomic E-state index is 13.1. The van der Waals surface area contributed by atoms with Crippen LogP contribution >= 0.6 is 23.1 Å². The minimum Gasteiger partial charge on any atom is -0.267 e. The van der Waals surface area contributed by atoms with Crippen LogP contribution in [0.2, 0.25) is 0 Å². The van der Waals surface area contributed by atoms with Gasteiger partial charge >= 0.3 is 6.18 Å². The summed E-state index contributed by atoms with van der Waals surface area (Å²) in [7, 11) is 0. The van der Waals surface area contributed by atoms with Crippen molar-refractivity contribution in [1.29, 1.82) is 0 Å². The lowest BCUT2D eigenvalue weighted by molar-refractivity contribution is -0.144. The predicted octanol–water partition coefficient (Wildman–Crippen LogP) is 3.62.